The molecule has 17 heavy (non-hydrogen) atoms. The molecule has 0 saturated carbocycles. The molecule has 1 aliphatic heterocycles. The zero-order valence-corrected chi connectivity index (χ0v) is 11.1. The molecule has 0 bridgehead atoms. The second-order valence-corrected chi connectivity index (χ2v) is 5.13. The molecule has 2 N–H and O–H groups in total. The molecule has 0 aromatic rings. The lowest BCUT2D eigenvalue weighted by Gasteiger charge is -2.21. The fourth-order valence-electron chi connectivity index (χ4n) is 1.89. The van der Waals surface area contributed by atoms with Gasteiger partial charge in [0.05, 0.1) is 12.5 Å². The van der Waals surface area contributed by atoms with Gasteiger partial charge in [-0.05, 0) is 31.7 Å². The lowest BCUT2D eigenvalue weighted by Crippen LogP contribution is -2.41. The van der Waals surface area contributed by atoms with Crippen molar-refractivity contribution in [1.29, 1.82) is 0 Å². The first-order chi connectivity index (χ1) is 8.20. The Morgan fingerprint density at radius 1 is 1.47 bits per heavy atom. The van der Waals surface area contributed by atoms with Gasteiger partial charge in [-0.15, -0.1) is 0 Å². The number of hydrogen-bond donors (Lipinski definition) is 2. The van der Waals surface area contributed by atoms with E-state index in [4.69, 9.17) is 4.74 Å². The summed E-state index contributed by atoms with van der Waals surface area (Å²) in [7, 11) is 0. The standard InChI is InChI=1S/C13H26N2O2/c1-11(2)5-8-17-9-7-15-13(16)12-4-3-6-14-10-12/h11-12,14H,3-10H2,1-2H3,(H,15,16). The second-order valence-electron chi connectivity index (χ2n) is 5.13. The highest BCUT2D eigenvalue weighted by atomic mass is 16.5. The molecule has 1 aliphatic rings. The van der Waals surface area contributed by atoms with Crippen molar-refractivity contribution in [2.24, 2.45) is 11.8 Å². The van der Waals surface area contributed by atoms with Gasteiger partial charge in [-0.25, -0.2) is 0 Å². The van der Waals surface area contributed by atoms with Crippen molar-refractivity contribution in [3.8, 4) is 0 Å². The van der Waals surface area contributed by atoms with E-state index in [2.05, 4.69) is 24.5 Å². The lowest BCUT2D eigenvalue weighted by molar-refractivity contribution is -0.125. The molecule has 0 aliphatic carbocycles. The van der Waals surface area contributed by atoms with Crippen LogP contribution in [0.15, 0.2) is 0 Å². The Kier molecular flexibility index (Phi) is 7.21. The van der Waals surface area contributed by atoms with Gasteiger partial charge in [0.15, 0.2) is 0 Å². The third kappa shape index (κ3) is 6.64. The molecular formula is C13H26N2O2. The third-order valence-corrected chi connectivity index (χ3v) is 3.05. The molecule has 1 fully saturated rings. The summed E-state index contributed by atoms with van der Waals surface area (Å²) >= 11 is 0. The largest absolute Gasteiger partial charge is 0.380 e. The summed E-state index contributed by atoms with van der Waals surface area (Å²) in [5.41, 5.74) is 0. The first kappa shape index (κ1) is 14.5. The highest BCUT2D eigenvalue weighted by Gasteiger charge is 2.19. The first-order valence-electron chi connectivity index (χ1n) is 6.76. The molecule has 4 nitrogen and oxygen atoms in total. The van der Waals surface area contributed by atoms with Gasteiger partial charge in [0.1, 0.15) is 0 Å². The fourth-order valence-corrected chi connectivity index (χ4v) is 1.89. The van der Waals surface area contributed by atoms with Crippen LogP contribution in [-0.2, 0) is 9.53 Å². The number of ether oxygens (including phenoxy) is 1. The molecule has 1 unspecified atom stereocenters. The van der Waals surface area contributed by atoms with Crippen molar-refractivity contribution in [1.82, 2.24) is 10.6 Å². The monoisotopic (exact) mass is 242 g/mol. The molecule has 1 saturated heterocycles. The van der Waals surface area contributed by atoms with E-state index < -0.39 is 0 Å². The van der Waals surface area contributed by atoms with Crippen molar-refractivity contribution in [2.45, 2.75) is 33.1 Å². The Bertz CT molecular complexity index is 213. The Hall–Kier alpha value is -0.610. The van der Waals surface area contributed by atoms with Crippen LogP contribution < -0.4 is 10.6 Å². The lowest BCUT2D eigenvalue weighted by atomic mass is 9.99. The van der Waals surface area contributed by atoms with Gasteiger partial charge in [0.25, 0.3) is 0 Å². The number of piperidine rings is 1. The predicted molar refractivity (Wildman–Crippen MR) is 68.9 cm³/mol. The van der Waals surface area contributed by atoms with Crippen LogP contribution in [0.4, 0.5) is 0 Å². The van der Waals surface area contributed by atoms with E-state index in [0.29, 0.717) is 19.1 Å². The molecule has 1 rings (SSSR count). The van der Waals surface area contributed by atoms with E-state index in [1.165, 1.54) is 0 Å². The maximum Gasteiger partial charge on any atom is 0.224 e. The van der Waals surface area contributed by atoms with Gasteiger partial charge in [0, 0.05) is 19.7 Å². The zero-order valence-electron chi connectivity index (χ0n) is 11.1. The van der Waals surface area contributed by atoms with Crippen LogP contribution in [0.2, 0.25) is 0 Å². The average Bonchev–Trinajstić information content (AvgIpc) is 2.34. The summed E-state index contributed by atoms with van der Waals surface area (Å²) in [5, 5.41) is 6.18. The normalized spacial score (nSPS) is 20.5. The Morgan fingerprint density at radius 2 is 2.29 bits per heavy atom. The van der Waals surface area contributed by atoms with Crippen LogP contribution in [0.25, 0.3) is 0 Å². The molecule has 100 valence electrons. The fraction of sp³-hybridized carbons (Fsp3) is 0.923. The minimum atomic E-state index is 0.152. The quantitative estimate of drug-likeness (QED) is 0.659. The van der Waals surface area contributed by atoms with E-state index in [1.54, 1.807) is 0 Å². The molecule has 1 amide bonds. The molecule has 1 atom stereocenters. The van der Waals surface area contributed by atoms with Gasteiger partial charge >= 0.3 is 0 Å². The van der Waals surface area contributed by atoms with Gasteiger partial charge in [-0.3, -0.25) is 4.79 Å². The molecule has 0 spiro atoms. The van der Waals surface area contributed by atoms with Crippen LogP contribution in [0.1, 0.15) is 33.1 Å². The Morgan fingerprint density at radius 3 is 2.94 bits per heavy atom. The van der Waals surface area contributed by atoms with Crippen molar-refractivity contribution in [3.05, 3.63) is 0 Å². The van der Waals surface area contributed by atoms with Crippen LogP contribution in [-0.4, -0.2) is 38.8 Å². The summed E-state index contributed by atoms with van der Waals surface area (Å²) in [6.45, 7) is 8.27. The van der Waals surface area contributed by atoms with E-state index in [-0.39, 0.29) is 11.8 Å². The summed E-state index contributed by atoms with van der Waals surface area (Å²) in [4.78, 5) is 11.7. The summed E-state index contributed by atoms with van der Waals surface area (Å²) < 4.78 is 5.45. The minimum Gasteiger partial charge on any atom is -0.380 e. The maximum absolute atomic E-state index is 11.7. The number of amides is 1. The summed E-state index contributed by atoms with van der Waals surface area (Å²) in [6, 6.07) is 0. The highest BCUT2D eigenvalue weighted by molar-refractivity contribution is 5.78. The summed E-state index contributed by atoms with van der Waals surface area (Å²) in [5.74, 6) is 1.00. The molecular weight excluding hydrogens is 216 g/mol. The van der Waals surface area contributed by atoms with E-state index in [0.717, 1.165) is 39.0 Å². The van der Waals surface area contributed by atoms with Crippen molar-refractivity contribution in [3.63, 3.8) is 0 Å². The molecule has 0 aromatic heterocycles. The number of carbonyl (C=O) groups is 1. The van der Waals surface area contributed by atoms with Gasteiger partial charge in [-0.2, -0.15) is 0 Å². The smallest absolute Gasteiger partial charge is 0.224 e. The number of hydrogen-bond acceptors (Lipinski definition) is 3. The van der Waals surface area contributed by atoms with Crippen molar-refractivity contribution < 1.29 is 9.53 Å². The number of carbonyl (C=O) groups excluding carboxylic acids is 1. The van der Waals surface area contributed by atoms with Crippen LogP contribution >= 0.6 is 0 Å². The predicted octanol–water partition coefficient (Wildman–Crippen LogP) is 1.16. The Labute approximate surface area is 104 Å². The van der Waals surface area contributed by atoms with Gasteiger partial charge < -0.3 is 15.4 Å². The molecule has 1 heterocycles. The molecule has 4 heteroatoms. The minimum absolute atomic E-state index is 0.152. The Balaban J connectivity index is 1.96. The zero-order chi connectivity index (χ0) is 12.5. The SMILES string of the molecule is CC(C)CCOCCNC(=O)C1CCCNC1. The number of rotatable bonds is 7. The highest BCUT2D eigenvalue weighted by Crippen LogP contribution is 2.09. The topological polar surface area (TPSA) is 50.4 Å². The first-order valence-corrected chi connectivity index (χ1v) is 6.76. The number of nitrogens with one attached hydrogen (secondary N) is 2. The van der Waals surface area contributed by atoms with Crippen molar-refractivity contribution >= 4 is 5.91 Å². The maximum atomic E-state index is 11.7. The van der Waals surface area contributed by atoms with Crippen molar-refractivity contribution in [2.75, 3.05) is 32.8 Å². The second kappa shape index (κ2) is 8.48. The van der Waals surface area contributed by atoms with Crippen LogP contribution in [0.3, 0.4) is 0 Å². The average molecular weight is 242 g/mol. The third-order valence-electron chi connectivity index (χ3n) is 3.05. The van der Waals surface area contributed by atoms with E-state index in [9.17, 15) is 4.79 Å². The summed E-state index contributed by atoms with van der Waals surface area (Å²) in [6.07, 6.45) is 3.19. The van der Waals surface area contributed by atoms with Crippen LogP contribution in [0.5, 0.6) is 0 Å². The van der Waals surface area contributed by atoms with Gasteiger partial charge in [-0.1, -0.05) is 13.8 Å². The van der Waals surface area contributed by atoms with Crippen LogP contribution in [0, 0.1) is 11.8 Å². The van der Waals surface area contributed by atoms with E-state index >= 15 is 0 Å². The van der Waals surface area contributed by atoms with E-state index in [1.807, 2.05) is 0 Å². The molecule has 0 radical (unpaired) electrons. The molecule has 0 aromatic carbocycles. The van der Waals surface area contributed by atoms with Gasteiger partial charge in [0.2, 0.25) is 5.91 Å².